The second-order valence-electron chi connectivity index (χ2n) is 9.69. The molecule has 4 aromatic rings. The summed E-state index contributed by atoms with van der Waals surface area (Å²) >= 11 is 0. The van der Waals surface area contributed by atoms with E-state index in [1.807, 2.05) is 42.7 Å². The van der Waals surface area contributed by atoms with Crippen LogP contribution in [0.2, 0.25) is 0 Å². The van der Waals surface area contributed by atoms with Gasteiger partial charge in [-0.25, -0.2) is 4.98 Å². The van der Waals surface area contributed by atoms with Gasteiger partial charge in [-0.15, -0.1) is 0 Å². The van der Waals surface area contributed by atoms with Gasteiger partial charge in [0.1, 0.15) is 5.82 Å². The Morgan fingerprint density at radius 1 is 1.00 bits per heavy atom. The number of benzene rings is 1. The van der Waals surface area contributed by atoms with E-state index >= 15 is 0 Å². The number of nitrogens with zero attached hydrogens (tertiary/aromatic N) is 6. The largest absolute Gasteiger partial charge is 0.354 e. The Morgan fingerprint density at radius 3 is 2.67 bits per heavy atom. The van der Waals surface area contributed by atoms with Crippen molar-refractivity contribution in [2.45, 2.75) is 13.0 Å². The van der Waals surface area contributed by atoms with Gasteiger partial charge >= 0.3 is 0 Å². The molecule has 0 aliphatic carbocycles. The molecule has 2 saturated heterocycles. The summed E-state index contributed by atoms with van der Waals surface area (Å²) in [6, 6.07) is 11.9. The molecule has 2 aliphatic heterocycles. The molecule has 0 spiro atoms. The molecule has 3 aromatic heterocycles. The van der Waals surface area contributed by atoms with Crippen LogP contribution in [0.4, 0.5) is 11.5 Å². The van der Waals surface area contributed by atoms with Gasteiger partial charge in [-0.3, -0.25) is 19.8 Å². The Balaban J connectivity index is 1.22. The topological polar surface area (TPSA) is 93.3 Å². The number of H-pyrrole nitrogens is 1. The number of likely N-dealkylation sites (N-methyl/N-ethyl adjacent to an activating group) is 1. The molecule has 36 heavy (non-hydrogen) atoms. The van der Waals surface area contributed by atoms with Crippen molar-refractivity contribution < 1.29 is 4.79 Å². The van der Waals surface area contributed by atoms with Crippen LogP contribution in [-0.2, 0) is 6.54 Å². The predicted molar refractivity (Wildman–Crippen MR) is 141 cm³/mol. The normalized spacial score (nSPS) is 16.8. The summed E-state index contributed by atoms with van der Waals surface area (Å²) in [5, 5.41) is 11.1. The molecule has 9 heteroatoms. The SMILES string of the molecule is CN1CCN(c2cc(NC(=O)c3n[nH]c4ccc(-c5cncc(CN6CCC6)c5)cc34)ccn2)CC1. The molecule has 0 radical (unpaired) electrons. The maximum atomic E-state index is 13.2. The molecule has 1 amide bonds. The summed E-state index contributed by atoms with van der Waals surface area (Å²) in [6.07, 6.45) is 6.82. The first-order valence-corrected chi connectivity index (χ1v) is 12.5. The number of amides is 1. The molecule has 9 nitrogen and oxygen atoms in total. The molecule has 0 bridgehead atoms. The summed E-state index contributed by atoms with van der Waals surface area (Å²) in [5.41, 5.74) is 5.15. The van der Waals surface area contributed by atoms with E-state index in [1.54, 1.807) is 6.20 Å². The van der Waals surface area contributed by atoms with Crippen molar-refractivity contribution in [3.8, 4) is 11.1 Å². The average molecular weight is 483 g/mol. The van der Waals surface area contributed by atoms with Crippen molar-refractivity contribution in [2.24, 2.45) is 0 Å². The van der Waals surface area contributed by atoms with Crippen LogP contribution >= 0.6 is 0 Å². The van der Waals surface area contributed by atoms with Gasteiger partial charge in [-0.1, -0.05) is 6.07 Å². The quantitative estimate of drug-likeness (QED) is 0.436. The highest BCUT2D eigenvalue weighted by Crippen LogP contribution is 2.27. The van der Waals surface area contributed by atoms with E-state index in [1.165, 1.54) is 12.0 Å². The van der Waals surface area contributed by atoms with E-state index in [4.69, 9.17) is 0 Å². The van der Waals surface area contributed by atoms with Gasteiger partial charge in [-0.05, 0) is 62.0 Å². The van der Waals surface area contributed by atoms with Crippen molar-refractivity contribution in [3.05, 3.63) is 66.2 Å². The third-order valence-electron chi connectivity index (χ3n) is 7.09. The number of pyridine rings is 2. The first-order chi connectivity index (χ1) is 17.6. The minimum absolute atomic E-state index is 0.251. The van der Waals surface area contributed by atoms with Crippen molar-refractivity contribution in [3.63, 3.8) is 0 Å². The maximum absolute atomic E-state index is 13.2. The van der Waals surface area contributed by atoms with Gasteiger partial charge in [-0.2, -0.15) is 5.10 Å². The third-order valence-corrected chi connectivity index (χ3v) is 7.09. The van der Waals surface area contributed by atoms with Gasteiger partial charge in [0.15, 0.2) is 5.69 Å². The van der Waals surface area contributed by atoms with Gasteiger partial charge in [0, 0.05) is 74.0 Å². The fraction of sp³-hybridized carbons (Fsp3) is 0.333. The van der Waals surface area contributed by atoms with E-state index in [2.05, 4.69) is 53.3 Å². The van der Waals surface area contributed by atoms with Crippen LogP contribution in [0.5, 0.6) is 0 Å². The number of aromatic nitrogens is 4. The van der Waals surface area contributed by atoms with Crippen LogP contribution in [0, 0.1) is 0 Å². The van der Waals surface area contributed by atoms with Crippen LogP contribution in [0.25, 0.3) is 22.0 Å². The Hall–Kier alpha value is -3.82. The number of carbonyl (C=O) groups is 1. The summed E-state index contributed by atoms with van der Waals surface area (Å²) < 4.78 is 0. The number of piperazine rings is 1. The number of anilines is 2. The summed E-state index contributed by atoms with van der Waals surface area (Å²) in [5.74, 6) is 0.624. The Bertz CT molecular complexity index is 1390. The lowest BCUT2D eigenvalue weighted by molar-refractivity contribution is 0.102. The maximum Gasteiger partial charge on any atom is 0.276 e. The van der Waals surface area contributed by atoms with E-state index in [0.717, 1.165) is 73.7 Å². The van der Waals surface area contributed by atoms with Gasteiger partial charge in [0.2, 0.25) is 0 Å². The highest BCUT2D eigenvalue weighted by molar-refractivity contribution is 6.11. The van der Waals surface area contributed by atoms with Crippen molar-refractivity contribution in [1.82, 2.24) is 30.0 Å². The minimum Gasteiger partial charge on any atom is -0.354 e. The Labute approximate surface area is 210 Å². The molecule has 0 unspecified atom stereocenters. The number of rotatable bonds is 6. The van der Waals surface area contributed by atoms with Crippen molar-refractivity contribution >= 4 is 28.3 Å². The second-order valence-corrected chi connectivity index (χ2v) is 9.69. The van der Waals surface area contributed by atoms with Gasteiger partial charge < -0.3 is 15.1 Å². The summed E-state index contributed by atoms with van der Waals surface area (Å²) in [6.45, 7) is 7.05. The number of likely N-dealkylation sites (tertiary alicyclic amines) is 1. The molecular formula is C27H30N8O. The predicted octanol–water partition coefficient (Wildman–Crippen LogP) is 3.23. The molecule has 2 fully saturated rings. The Morgan fingerprint density at radius 2 is 1.86 bits per heavy atom. The fourth-order valence-corrected chi connectivity index (χ4v) is 4.79. The van der Waals surface area contributed by atoms with Crippen LogP contribution in [0.1, 0.15) is 22.5 Å². The number of hydrogen-bond acceptors (Lipinski definition) is 7. The fourth-order valence-electron chi connectivity index (χ4n) is 4.79. The van der Waals surface area contributed by atoms with E-state index in [0.29, 0.717) is 11.4 Å². The zero-order valence-corrected chi connectivity index (χ0v) is 20.4. The zero-order chi connectivity index (χ0) is 24.5. The van der Waals surface area contributed by atoms with E-state index in [-0.39, 0.29) is 5.91 Å². The van der Waals surface area contributed by atoms with Crippen LogP contribution in [-0.4, -0.2) is 82.2 Å². The number of fused-ring (bicyclic) bond motifs is 1. The number of nitrogens with one attached hydrogen (secondary N) is 2. The van der Waals surface area contributed by atoms with Crippen LogP contribution < -0.4 is 10.2 Å². The average Bonchev–Trinajstić information content (AvgIpc) is 3.31. The monoisotopic (exact) mass is 482 g/mol. The first kappa shape index (κ1) is 22.6. The summed E-state index contributed by atoms with van der Waals surface area (Å²) in [4.78, 5) is 29.2. The number of aromatic amines is 1. The molecular weight excluding hydrogens is 452 g/mol. The summed E-state index contributed by atoms with van der Waals surface area (Å²) in [7, 11) is 2.13. The Kier molecular flexibility index (Phi) is 6.08. The highest BCUT2D eigenvalue weighted by atomic mass is 16.1. The molecule has 2 N–H and O–H groups in total. The standard InChI is InChI=1S/C27H30N8O/c1-33-9-11-35(12-10-33)25-15-22(5-6-29-25)30-27(36)26-23-14-20(3-4-24(23)31-32-26)21-13-19(16-28-17-21)18-34-7-2-8-34/h3-6,13-17H,2,7-12,18H2,1H3,(H,31,32)(H,29,30,36). The third kappa shape index (κ3) is 4.67. The van der Waals surface area contributed by atoms with Crippen LogP contribution in [0.3, 0.4) is 0 Å². The van der Waals surface area contributed by atoms with Crippen molar-refractivity contribution in [1.29, 1.82) is 0 Å². The minimum atomic E-state index is -0.251. The number of hydrogen-bond donors (Lipinski definition) is 2. The lowest BCUT2D eigenvalue weighted by Gasteiger charge is -2.33. The molecule has 6 rings (SSSR count). The smallest absolute Gasteiger partial charge is 0.276 e. The second kappa shape index (κ2) is 9.67. The number of carbonyl (C=O) groups excluding carboxylic acids is 1. The lowest BCUT2D eigenvalue weighted by Crippen LogP contribution is -2.44. The van der Waals surface area contributed by atoms with Crippen molar-refractivity contribution in [2.75, 3.05) is 56.5 Å². The molecule has 1 aromatic carbocycles. The van der Waals surface area contributed by atoms with E-state index < -0.39 is 0 Å². The molecule has 184 valence electrons. The van der Waals surface area contributed by atoms with Gasteiger partial charge in [0.25, 0.3) is 5.91 Å². The zero-order valence-electron chi connectivity index (χ0n) is 20.4. The molecule has 0 atom stereocenters. The van der Waals surface area contributed by atoms with E-state index in [9.17, 15) is 4.79 Å². The molecule has 5 heterocycles. The lowest BCUT2D eigenvalue weighted by atomic mass is 10.0. The molecule has 0 saturated carbocycles. The first-order valence-electron chi connectivity index (χ1n) is 12.5. The molecule has 2 aliphatic rings. The van der Waals surface area contributed by atoms with Gasteiger partial charge in [0.05, 0.1) is 5.52 Å². The van der Waals surface area contributed by atoms with Crippen LogP contribution in [0.15, 0.2) is 55.0 Å². The highest BCUT2D eigenvalue weighted by Gasteiger charge is 2.19.